The second kappa shape index (κ2) is 8.10. The fraction of sp³-hybridized carbons (Fsp3) is 0.273. The highest BCUT2D eigenvalue weighted by Gasteiger charge is 2.50. The van der Waals surface area contributed by atoms with Crippen molar-refractivity contribution in [1.29, 1.82) is 5.26 Å². The molecule has 0 bridgehead atoms. The van der Waals surface area contributed by atoms with Gasteiger partial charge in [0.2, 0.25) is 0 Å². The Hall–Kier alpha value is -3.49. The molecule has 6 nitrogen and oxygen atoms in total. The van der Waals surface area contributed by atoms with E-state index in [9.17, 15) is 9.18 Å². The number of thiocarbonyl (C=S) groups is 1. The zero-order valence-electron chi connectivity index (χ0n) is 16.8. The van der Waals surface area contributed by atoms with Crippen LogP contribution in [-0.2, 0) is 4.79 Å². The Labute approximate surface area is 179 Å². The van der Waals surface area contributed by atoms with Gasteiger partial charge in [0, 0.05) is 5.69 Å². The van der Waals surface area contributed by atoms with Crippen LogP contribution >= 0.6 is 12.2 Å². The maximum atomic E-state index is 15.0. The summed E-state index contributed by atoms with van der Waals surface area (Å²) in [5.41, 5.74) is 0.00878. The van der Waals surface area contributed by atoms with E-state index in [2.05, 4.69) is 4.85 Å². The molecule has 0 radical (unpaired) electrons. The van der Waals surface area contributed by atoms with Gasteiger partial charge in [-0.25, -0.2) is 9.24 Å². The summed E-state index contributed by atoms with van der Waals surface area (Å²) in [4.78, 5) is 19.3. The molecule has 0 spiro atoms. The molecule has 2 aromatic rings. The lowest BCUT2D eigenvalue weighted by molar-refractivity contribution is -0.120. The largest absolute Gasteiger partial charge is 0.493 e. The fourth-order valence-electron chi connectivity index (χ4n) is 3.30. The lowest BCUT2D eigenvalue weighted by atomic mass is 10.0. The lowest BCUT2D eigenvalue weighted by Crippen LogP contribution is -2.44. The van der Waals surface area contributed by atoms with Crippen LogP contribution in [0.5, 0.6) is 5.75 Å². The molecule has 0 N–H and O–H groups in total. The van der Waals surface area contributed by atoms with E-state index in [0.717, 1.165) is 0 Å². The number of ether oxygens (including phenoxy) is 1. The van der Waals surface area contributed by atoms with Crippen molar-refractivity contribution in [2.45, 2.75) is 32.7 Å². The van der Waals surface area contributed by atoms with Gasteiger partial charge >= 0.3 is 0 Å². The zero-order valence-corrected chi connectivity index (χ0v) is 17.6. The molecular formula is C22H19FN4O2S. The predicted octanol–water partition coefficient (Wildman–Crippen LogP) is 4.89. The van der Waals surface area contributed by atoms with Gasteiger partial charge in [-0.2, -0.15) is 5.26 Å². The molecule has 0 saturated carbocycles. The third kappa shape index (κ3) is 3.47. The molecule has 8 heteroatoms. The summed E-state index contributed by atoms with van der Waals surface area (Å²) in [5, 5.41) is 8.75. The van der Waals surface area contributed by atoms with Crippen molar-refractivity contribution < 1.29 is 13.9 Å². The van der Waals surface area contributed by atoms with Crippen molar-refractivity contribution >= 4 is 40.3 Å². The Kier molecular flexibility index (Phi) is 5.73. The average molecular weight is 422 g/mol. The number of hydrogen-bond donors (Lipinski definition) is 0. The van der Waals surface area contributed by atoms with Crippen molar-refractivity contribution in [3.8, 4) is 11.8 Å². The molecule has 1 aliphatic heterocycles. The maximum Gasteiger partial charge on any atom is 0.259 e. The zero-order chi connectivity index (χ0) is 22.1. The summed E-state index contributed by atoms with van der Waals surface area (Å²) < 4.78 is 20.5. The van der Waals surface area contributed by atoms with Crippen LogP contribution in [0.4, 0.5) is 21.5 Å². The van der Waals surface area contributed by atoms with Gasteiger partial charge in [0.05, 0.1) is 24.7 Å². The summed E-state index contributed by atoms with van der Waals surface area (Å²) in [5.74, 6) is -0.412. The molecule has 152 valence electrons. The van der Waals surface area contributed by atoms with Crippen LogP contribution < -0.4 is 14.5 Å². The molecule has 3 rings (SSSR count). The first-order valence-electron chi connectivity index (χ1n) is 9.19. The van der Waals surface area contributed by atoms with Crippen LogP contribution in [0, 0.1) is 30.6 Å². The number of anilines is 2. The van der Waals surface area contributed by atoms with Crippen LogP contribution in [-0.4, -0.2) is 23.2 Å². The molecule has 0 unspecified atom stereocenters. The maximum absolute atomic E-state index is 15.0. The number of carbonyl (C=O) groups is 1. The topological polar surface area (TPSA) is 60.9 Å². The summed E-state index contributed by atoms with van der Waals surface area (Å²) >= 11 is 5.57. The Balaban J connectivity index is 1.97. The minimum atomic E-state index is -1.04. The predicted molar refractivity (Wildman–Crippen MR) is 116 cm³/mol. The third-order valence-electron chi connectivity index (χ3n) is 4.94. The van der Waals surface area contributed by atoms with E-state index in [0.29, 0.717) is 11.4 Å². The van der Waals surface area contributed by atoms with Gasteiger partial charge in [-0.1, -0.05) is 6.07 Å². The van der Waals surface area contributed by atoms with Crippen molar-refractivity contribution in [1.82, 2.24) is 0 Å². The van der Waals surface area contributed by atoms with Gasteiger partial charge in [0.15, 0.2) is 10.8 Å². The Morgan fingerprint density at radius 3 is 2.53 bits per heavy atom. The van der Waals surface area contributed by atoms with E-state index in [-0.39, 0.29) is 41.0 Å². The van der Waals surface area contributed by atoms with Gasteiger partial charge in [0.1, 0.15) is 23.7 Å². The molecule has 2 aromatic carbocycles. The Morgan fingerprint density at radius 2 is 1.93 bits per heavy atom. The van der Waals surface area contributed by atoms with Gasteiger partial charge in [-0.3, -0.25) is 9.69 Å². The number of nitriles is 1. The van der Waals surface area contributed by atoms with E-state index < -0.39 is 11.4 Å². The van der Waals surface area contributed by atoms with E-state index in [4.69, 9.17) is 28.8 Å². The number of nitrogens with zero attached hydrogens (tertiary/aromatic N) is 4. The molecular weight excluding hydrogens is 403 g/mol. The van der Waals surface area contributed by atoms with Crippen LogP contribution in [0.3, 0.4) is 0 Å². The first kappa shape index (κ1) is 21.2. The minimum absolute atomic E-state index is 0.0296. The molecule has 1 saturated heterocycles. The molecule has 1 heterocycles. The molecule has 1 amide bonds. The molecule has 0 atom stereocenters. The number of carbonyl (C=O) groups excluding carboxylic acids is 1. The number of rotatable bonds is 5. The minimum Gasteiger partial charge on any atom is -0.493 e. The highest BCUT2D eigenvalue weighted by molar-refractivity contribution is 7.81. The summed E-state index contributed by atoms with van der Waals surface area (Å²) in [7, 11) is 0. The van der Waals surface area contributed by atoms with E-state index in [1.54, 1.807) is 43.0 Å². The highest BCUT2D eigenvalue weighted by atomic mass is 32.1. The third-order valence-corrected chi connectivity index (χ3v) is 5.31. The fourth-order valence-corrected chi connectivity index (χ4v) is 3.82. The summed E-state index contributed by atoms with van der Waals surface area (Å²) in [6.45, 7) is 12.4. The molecule has 0 aliphatic carbocycles. The van der Waals surface area contributed by atoms with E-state index >= 15 is 0 Å². The van der Waals surface area contributed by atoms with E-state index in [1.165, 1.54) is 24.0 Å². The monoisotopic (exact) mass is 422 g/mol. The molecule has 30 heavy (non-hydrogen) atoms. The smallest absolute Gasteiger partial charge is 0.259 e. The highest BCUT2D eigenvalue weighted by Crippen LogP contribution is 2.39. The molecule has 1 fully saturated rings. The normalized spacial score (nSPS) is 15.1. The SMILES string of the molecule is [C-]#[N+]c1ccc(N2C(=O)C(C)(C)N(c3ccc(OCCC#N)cc3)C2=S)c(F)c1C. The van der Waals surface area contributed by atoms with Gasteiger partial charge in [-0.15, -0.1) is 0 Å². The van der Waals surface area contributed by atoms with Gasteiger partial charge in [-0.05, 0) is 68.9 Å². The van der Waals surface area contributed by atoms with Gasteiger partial charge in [0.25, 0.3) is 5.91 Å². The van der Waals surface area contributed by atoms with Crippen molar-refractivity contribution in [2.75, 3.05) is 16.4 Å². The van der Waals surface area contributed by atoms with Crippen molar-refractivity contribution in [3.05, 3.63) is 59.2 Å². The first-order chi connectivity index (χ1) is 14.2. The molecule has 0 aromatic heterocycles. The van der Waals surface area contributed by atoms with Crippen LogP contribution in [0.2, 0.25) is 0 Å². The van der Waals surface area contributed by atoms with Crippen LogP contribution in [0.25, 0.3) is 4.85 Å². The second-order valence-corrected chi connectivity index (χ2v) is 7.59. The van der Waals surface area contributed by atoms with Crippen LogP contribution in [0.15, 0.2) is 36.4 Å². The van der Waals surface area contributed by atoms with Crippen molar-refractivity contribution in [2.24, 2.45) is 0 Å². The summed E-state index contributed by atoms with van der Waals surface area (Å²) in [6, 6.07) is 11.9. The Bertz CT molecular complexity index is 1100. The first-order valence-corrected chi connectivity index (χ1v) is 9.60. The van der Waals surface area contributed by atoms with Gasteiger partial charge < -0.3 is 9.64 Å². The van der Waals surface area contributed by atoms with Crippen molar-refractivity contribution in [3.63, 3.8) is 0 Å². The Morgan fingerprint density at radius 1 is 1.27 bits per heavy atom. The number of benzene rings is 2. The van der Waals surface area contributed by atoms with Crippen LogP contribution in [0.1, 0.15) is 25.8 Å². The quantitative estimate of drug-likeness (QED) is 0.390. The number of halogens is 1. The standard InChI is InChI=1S/C22H19FN4O2S/c1-14-17(25-4)10-11-18(19(14)23)26-20(28)22(2,3)27(21(26)30)15-6-8-16(9-7-15)29-13-5-12-24/h6-11H,5,13H2,1-3H3. The lowest BCUT2D eigenvalue weighted by Gasteiger charge is -2.29. The molecule has 1 aliphatic rings. The second-order valence-electron chi connectivity index (χ2n) is 7.22. The summed E-state index contributed by atoms with van der Waals surface area (Å²) in [6.07, 6.45) is 0.283. The average Bonchev–Trinajstić information content (AvgIpc) is 2.89. The number of amides is 1. The van der Waals surface area contributed by atoms with E-state index in [1.807, 2.05) is 6.07 Å². The number of hydrogen-bond acceptors (Lipinski definition) is 4.